The van der Waals surface area contributed by atoms with Crippen molar-refractivity contribution >= 4 is 32.8 Å². The zero-order valence-electron chi connectivity index (χ0n) is 14.7. The van der Waals surface area contributed by atoms with E-state index < -0.39 is 10.0 Å². The molecule has 2 heterocycles. The molecular weight excluding hydrogens is 358 g/mol. The zero-order chi connectivity index (χ0) is 18.2. The number of thioether (sulfide) groups is 1. The highest BCUT2D eigenvalue weighted by molar-refractivity contribution is 7.98. The predicted octanol–water partition coefficient (Wildman–Crippen LogP) is 2.33. The van der Waals surface area contributed by atoms with E-state index in [0.29, 0.717) is 11.3 Å². The summed E-state index contributed by atoms with van der Waals surface area (Å²) in [6, 6.07) is 5.12. The summed E-state index contributed by atoms with van der Waals surface area (Å²) in [6.45, 7) is 2.83. The molecule has 0 aliphatic rings. The molecule has 0 spiro atoms. The minimum Gasteiger partial charge on any atom is -0.329 e. The number of hydrogen-bond donors (Lipinski definition) is 0. The molecule has 0 saturated heterocycles. The molecule has 0 N–H and O–H groups in total. The second-order valence-electron chi connectivity index (χ2n) is 5.82. The summed E-state index contributed by atoms with van der Waals surface area (Å²) in [5.41, 5.74) is 1.64. The van der Waals surface area contributed by atoms with Gasteiger partial charge in [0.2, 0.25) is 10.0 Å². The maximum Gasteiger partial charge on any atom is 0.242 e. The third-order valence-corrected chi connectivity index (χ3v) is 6.87. The Labute approximate surface area is 151 Å². The Morgan fingerprint density at radius 3 is 2.64 bits per heavy atom. The third-order valence-electron chi connectivity index (χ3n) is 4.00. The van der Waals surface area contributed by atoms with Crippen molar-refractivity contribution in [1.82, 2.24) is 23.4 Å². The molecule has 0 unspecified atom stereocenters. The van der Waals surface area contributed by atoms with E-state index in [1.807, 2.05) is 23.9 Å². The summed E-state index contributed by atoms with van der Waals surface area (Å²) in [5, 5.41) is 0.922. The molecule has 134 valence electrons. The number of fused-ring (bicyclic) bond motifs is 1. The van der Waals surface area contributed by atoms with Crippen LogP contribution in [0.5, 0.6) is 0 Å². The summed E-state index contributed by atoms with van der Waals surface area (Å²) in [6.07, 6.45) is 3.67. The van der Waals surface area contributed by atoms with Gasteiger partial charge in [-0.1, -0.05) is 11.8 Å². The first-order valence-electron chi connectivity index (χ1n) is 7.86. The number of aromatic nitrogens is 4. The van der Waals surface area contributed by atoms with Crippen LogP contribution in [0.3, 0.4) is 0 Å². The SMILES string of the molecule is CCn1c(CSc2nccn2C)nc2cc(S(=O)(=O)N(C)C)ccc21. The number of rotatable bonds is 6. The molecule has 7 nitrogen and oxygen atoms in total. The molecular formula is C16H21N5O2S2. The van der Waals surface area contributed by atoms with Crippen molar-refractivity contribution in [2.75, 3.05) is 14.1 Å². The van der Waals surface area contributed by atoms with Gasteiger partial charge in [0.25, 0.3) is 0 Å². The quantitative estimate of drug-likeness (QED) is 0.615. The van der Waals surface area contributed by atoms with Crippen LogP contribution in [0.1, 0.15) is 12.7 Å². The monoisotopic (exact) mass is 379 g/mol. The second kappa shape index (κ2) is 6.81. The van der Waals surface area contributed by atoms with Crippen LogP contribution in [0.15, 0.2) is 40.6 Å². The number of nitrogens with zero attached hydrogens (tertiary/aromatic N) is 5. The Hall–Kier alpha value is -1.84. The molecule has 0 radical (unpaired) electrons. The second-order valence-corrected chi connectivity index (χ2v) is 8.91. The minimum absolute atomic E-state index is 0.258. The van der Waals surface area contributed by atoms with Crippen LogP contribution >= 0.6 is 11.8 Å². The molecule has 2 aromatic heterocycles. The average molecular weight is 380 g/mol. The van der Waals surface area contributed by atoms with E-state index >= 15 is 0 Å². The minimum atomic E-state index is -3.47. The Bertz CT molecular complexity index is 1000. The van der Waals surface area contributed by atoms with E-state index in [1.54, 1.807) is 30.1 Å². The van der Waals surface area contributed by atoms with Gasteiger partial charge in [-0.3, -0.25) is 0 Å². The standard InChI is InChI=1S/C16H21N5O2S2/c1-5-21-14-7-6-12(25(22,23)19(2)3)10-13(14)18-15(21)11-24-16-17-8-9-20(16)4/h6-10H,5,11H2,1-4H3. The van der Waals surface area contributed by atoms with E-state index in [1.165, 1.54) is 18.4 Å². The van der Waals surface area contributed by atoms with Gasteiger partial charge in [0.15, 0.2) is 5.16 Å². The Morgan fingerprint density at radius 1 is 1.28 bits per heavy atom. The zero-order valence-corrected chi connectivity index (χ0v) is 16.3. The van der Waals surface area contributed by atoms with Crippen molar-refractivity contribution in [3.8, 4) is 0 Å². The van der Waals surface area contributed by atoms with Gasteiger partial charge in [-0.05, 0) is 25.1 Å². The maximum absolute atomic E-state index is 12.3. The molecule has 9 heteroatoms. The van der Waals surface area contributed by atoms with Gasteiger partial charge in [-0.15, -0.1) is 0 Å². The van der Waals surface area contributed by atoms with Crippen LogP contribution < -0.4 is 0 Å². The largest absolute Gasteiger partial charge is 0.329 e. The van der Waals surface area contributed by atoms with Gasteiger partial charge < -0.3 is 9.13 Å². The fourth-order valence-corrected chi connectivity index (χ4v) is 4.41. The fourth-order valence-electron chi connectivity index (χ4n) is 2.61. The fraction of sp³-hybridized carbons (Fsp3) is 0.375. The molecule has 0 aliphatic carbocycles. The molecule has 0 bridgehead atoms. The molecule has 1 aromatic carbocycles. The summed E-state index contributed by atoms with van der Waals surface area (Å²) < 4.78 is 29.9. The first kappa shape index (κ1) is 18.0. The highest BCUT2D eigenvalue weighted by Gasteiger charge is 2.19. The van der Waals surface area contributed by atoms with Crippen LogP contribution in [0, 0.1) is 0 Å². The van der Waals surface area contributed by atoms with Crippen molar-refractivity contribution < 1.29 is 8.42 Å². The van der Waals surface area contributed by atoms with Crippen molar-refractivity contribution in [3.63, 3.8) is 0 Å². The Balaban J connectivity index is 1.98. The van der Waals surface area contributed by atoms with Gasteiger partial charge in [0.05, 0.1) is 21.7 Å². The molecule has 25 heavy (non-hydrogen) atoms. The summed E-state index contributed by atoms with van der Waals surface area (Å²) >= 11 is 1.61. The smallest absolute Gasteiger partial charge is 0.242 e. The van der Waals surface area contributed by atoms with E-state index in [2.05, 4.69) is 21.5 Å². The first-order chi connectivity index (χ1) is 11.8. The lowest BCUT2D eigenvalue weighted by Crippen LogP contribution is -2.22. The van der Waals surface area contributed by atoms with Gasteiger partial charge in [-0.25, -0.2) is 22.7 Å². The van der Waals surface area contributed by atoms with Crippen LogP contribution in [-0.2, 0) is 29.4 Å². The van der Waals surface area contributed by atoms with E-state index in [4.69, 9.17) is 0 Å². The van der Waals surface area contributed by atoms with Crippen LogP contribution in [0.4, 0.5) is 0 Å². The number of aryl methyl sites for hydroxylation is 2. The van der Waals surface area contributed by atoms with Crippen LogP contribution in [0.2, 0.25) is 0 Å². The Kier molecular flexibility index (Phi) is 4.90. The van der Waals surface area contributed by atoms with Crippen LogP contribution in [-0.4, -0.2) is 45.9 Å². The molecule has 0 saturated carbocycles. The first-order valence-corrected chi connectivity index (χ1v) is 10.3. The normalized spacial score (nSPS) is 12.4. The van der Waals surface area contributed by atoms with Crippen molar-refractivity contribution in [2.45, 2.75) is 29.3 Å². The van der Waals surface area contributed by atoms with Crippen LogP contribution in [0.25, 0.3) is 11.0 Å². The molecule has 0 amide bonds. The number of sulfonamides is 1. The van der Waals surface area contributed by atoms with Crippen molar-refractivity contribution in [2.24, 2.45) is 7.05 Å². The lowest BCUT2D eigenvalue weighted by atomic mass is 10.3. The summed E-state index contributed by atoms with van der Waals surface area (Å²) in [7, 11) is 1.54. The van der Waals surface area contributed by atoms with Gasteiger partial charge >= 0.3 is 0 Å². The maximum atomic E-state index is 12.3. The highest BCUT2D eigenvalue weighted by Crippen LogP contribution is 2.26. The molecule has 0 fully saturated rings. The number of hydrogen-bond acceptors (Lipinski definition) is 5. The number of imidazole rings is 2. The lowest BCUT2D eigenvalue weighted by Gasteiger charge is -2.11. The van der Waals surface area contributed by atoms with E-state index in [9.17, 15) is 8.42 Å². The molecule has 0 aliphatic heterocycles. The Morgan fingerprint density at radius 2 is 2.04 bits per heavy atom. The third kappa shape index (κ3) is 3.31. The van der Waals surface area contributed by atoms with E-state index in [-0.39, 0.29) is 4.90 Å². The molecule has 0 atom stereocenters. The number of benzene rings is 1. The van der Waals surface area contributed by atoms with E-state index in [0.717, 1.165) is 23.0 Å². The highest BCUT2D eigenvalue weighted by atomic mass is 32.2. The molecule has 3 rings (SSSR count). The van der Waals surface area contributed by atoms with Gasteiger partial charge in [0, 0.05) is 40.1 Å². The molecule has 3 aromatic rings. The lowest BCUT2D eigenvalue weighted by molar-refractivity contribution is 0.521. The predicted molar refractivity (Wildman–Crippen MR) is 99.0 cm³/mol. The summed E-state index contributed by atoms with van der Waals surface area (Å²) in [4.78, 5) is 9.24. The van der Waals surface area contributed by atoms with Crippen molar-refractivity contribution in [1.29, 1.82) is 0 Å². The van der Waals surface area contributed by atoms with Gasteiger partial charge in [-0.2, -0.15) is 0 Å². The van der Waals surface area contributed by atoms with Gasteiger partial charge in [0.1, 0.15) is 5.82 Å². The topological polar surface area (TPSA) is 73.0 Å². The van der Waals surface area contributed by atoms with Crippen molar-refractivity contribution in [3.05, 3.63) is 36.4 Å². The average Bonchev–Trinajstić information content (AvgIpc) is 3.14. The summed E-state index contributed by atoms with van der Waals surface area (Å²) in [5.74, 6) is 1.58.